The number of carbonyl (C=O) groups is 2. The zero-order chi connectivity index (χ0) is 29.7. The van der Waals surface area contributed by atoms with Crippen LogP contribution in [0, 0.1) is 0 Å². The molecule has 5 rings (SSSR count). The van der Waals surface area contributed by atoms with E-state index in [0.717, 1.165) is 36.8 Å². The third-order valence-electron chi connectivity index (χ3n) is 7.73. The van der Waals surface area contributed by atoms with Gasteiger partial charge in [-0.05, 0) is 42.5 Å². The van der Waals surface area contributed by atoms with Gasteiger partial charge in [-0.1, -0.05) is 80.8 Å². The fourth-order valence-electron chi connectivity index (χ4n) is 5.59. The number of aliphatic imine (C=N–C) groups is 1. The van der Waals surface area contributed by atoms with Crippen molar-refractivity contribution in [1.82, 2.24) is 20.2 Å². The minimum absolute atomic E-state index is 0.169. The number of nitrogens with zero attached hydrogens (tertiary/aromatic N) is 3. The van der Waals surface area contributed by atoms with E-state index in [4.69, 9.17) is 16.3 Å². The zero-order valence-electron chi connectivity index (χ0n) is 23.7. The fraction of sp³-hybridized carbons (Fsp3) is 0.387. The molecule has 2 aromatic carbocycles. The fourth-order valence-corrected chi connectivity index (χ4v) is 6.02. The van der Waals surface area contributed by atoms with Gasteiger partial charge in [0.1, 0.15) is 12.6 Å². The Bertz CT molecular complexity index is 1510. The number of anilines is 1. The molecule has 3 N–H and O–H groups in total. The number of aromatic nitrogens is 2. The lowest BCUT2D eigenvalue weighted by atomic mass is 9.87. The molecule has 0 spiro atoms. The molecule has 2 aliphatic rings. The number of fused-ring (bicyclic) bond motifs is 1. The van der Waals surface area contributed by atoms with E-state index in [2.05, 4.69) is 25.9 Å². The molecule has 2 heterocycles. The maximum Gasteiger partial charge on any atom is 0.412 e. The van der Waals surface area contributed by atoms with Crippen molar-refractivity contribution in [3.05, 3.63) is 86.9 Å². The number of nitrogens with one attached hydrogen (secondary N) is 3. The van der Waals surface area contributed by atoms with E-state index in [9.17, 15) is 14.4 Å². The number of hydrogen-bond donors (Lipinski definition) is 3. The van der Waals surface area contributed by atoms with Crippen molar-refractivity contribution in [2.75, 3.05) is 5.32 Å². The summed E-state index contributed by atoms with van der Waals surface area (Å²) in [4.78, 5) is 47.4. The van der Waals surface area contributed by atoms with Crippen LogP contribution in [0.1, 0.15) is 68.8 Å². The molecule has 0 saturated heterocycles. The molecule has 42 heavy (non-hydrogen) atoms. The van der Waals surface area contributed by atoms with Crippen LogP contribution in [0.5, 0.6) is 0 Å². The van der Waals surface area contributed by atoms with Crippen molar-refractivity contribution in [3.8, 4) is 0 Å². The Hall–Kier alpha value is -4.18. The Morgan fingerprint density at radius 1 is 1.10 bits per heavy atom. The summed E-state index contributed by atoms with van der Waals surface area (Å²) in [5.74, 6) is -0.0421. The van der Waals surface area contributed by atoms with Crippen molar-refractivity contribution in [3.63, 3.8) is 0 Å². The van der Waals surface area contributed by atoms with Gasteiger partial charge in [0.05, 0.1) is 17.7 Å². The van der Waals surface area contributed by atoms with E-state index in [-0.39, 0.29) is 41.6 Å². The average Bonchev–Trinajstić information content (AvgIpc) is 3.60. The summed E-state index contributed by atoms with van der Waals surface area (Å²) in [6.45, 7) is 4.39. The Labute approximate surface area is 249 Å². The van der Waals surface area contributed by atoms with Gasteiger partial charge in [0, 0.05) is 18.0 Å². The van der Waals surface area contributed by atoms with Crippen LogP contribution >= 0.6 is 11.6 Å². The van der Waals surface area contributed by atoms with Crippen molar-refractivity contribution >= 4 is 41.4 Å². The summed E-state index contributed by atoms with van der Waals surface area (Å²) in [7, 11) is 0. The van der Waals surface area contributed by atoms with Gasteiger partial charge in [-0.25, -0.2) is 14.8 Å². The molecule has 2 amide bonds. The molecule has 1 fully saturated rings. The normalized spacial score (nSPS) is 17.6. The Morgan fingerprint density at radius 3 is 2.52 bits per heavy atom. The quantitative estimate of drug-likeness (QED) is 0.227. The maximum absolute atomic E-state index is 13.5. The molecule has 0 radical (unpaired) electrons. The smallest absolute Gasteiger partial charge is 0.412 e. The highest BCUT2D eigenvalue weighted by atomic mass is 35.5. The molecule has 0 unspecified atom stereocenters. The van der Waals surface area contributed by atoms with Crippen LogP contribution in [0.2, 0.25) is 5.15 Å². The number of amides is 2. The number of rotatable bonds is 9. The van der Waals surface area contributed by atoms with Crippen LogP contribution in [0.25, 0.3) is 0 Å². The first-order valence-electron chi connectivity index (χ1n) is 14.2. The van der Waals surface area contributed by atoms with Gasteiger partial charge < -0.3 is 15.4 Å². The van der Waals surface area contributed by atoms with E-state index >= 15 is 0 Å². The Balaban J connectivity index is 1.17. The van der Waals surface area contributed by atoms with Crippen LogP contribution in [0.4, 0.5) is 16.3 Å². The number of carbonyl (C=O) groups excluding carboxylic acids is 2. The standard InChI is InChI=1S/C31H35ClN6O4/c1-31(2)16-24(38-25(31)26(32)37-27(29(38)40)36-23-10-6-7-11-23)28(39)33-17-20-12-14-22(15-13-20)34-19-35-30(41)42-18-21-8-4-3-5-9-21/h3-5,8-9,12-15,19,23-24H,6-7,10-11,16-18H2,1-2H3,(H,33,39)(H,36,37)(H,34,35,41)/t24-/m0/s1. The van der Waals surface area contributed by atoms with E-state index in [1.54, 1.807) is 12.1 Å². The second kappa shape index (κ2) is 12.8. The number of halogens is 1. The van der Waals surface area contributed by atoms with Crippen molar-refractivity contribution < 1.29 is 14.3 Å². The first-order chi connectivity index (χ1) is 20.2. The van der Waals surface area contributed by atoms with Crippen molar-refractivity contribution in [2.45, 2.75) is 76.6 Å². The minimum Gasteiger partial charge on any atom is -0.444 e. The van der Waals surface area contributed by atoms with Gasteiger partial charge in [-0.15, -0.1) is 0 Å². The van der Waals surface area contributed by atoms with Crippen LogP contribution in [0.3, 0.4) is 0 Å². The van der Waals surface area contributed by atoms with E-state index in [1.807, 2.05) is 56.3 Å². The van der Waals surface area contributed by atoms with E-state index in [1.165, 1.54) is 10.9 Å². The zero-order valence-corrected chi connectivity index (χ0v) is 24.5. The maximum atomic E-state index is 13.5. The molecule has 1 aliphatic heterocycles. The lowest BCUT2D eigenvalue weighted by Gasteiger charge is -2.20. The number of hydrogen-bond acceptors (Lipinski definition) is 7. The van der Waals surface area contributed by atoms with Gasteiger partial charge in [-0.3, -0.25) is 19.5 Å². The molecule has 10 nitrogen and oxygen atoms in total. The molecule has 1 atom stereocenters. The molecule has 1 saturated carbocycles. The summed E-state index contributed by atoms with van der Waals surface area (Å²) < 4.78 is 6.67. The van der Waals surface area contributed by atoms with Crippen molar-refractivity contribution in [2.24, 2.45) is 4.99 Å². The van der Waals surface area contributed by atoms with Crippen LogP contribution in [-0.2, 0) is 28.1 Å². The van der Waals surface area contributed by atoms with Crippen LogP contribution < -0.4 is 21.5 Å². The lowest BCUT2D eigenvalue weighted by molar-refractivity contribution is -0.124. The third-order valence-corrected chi connectivity index (χ3v) is 8.00. The van der Waals surface area contributed by atoms with Crippen molar-refractivity contribution in [1.29, 1.82) is 0 Å². The molecule has 1 aromatic heterocycles. The first-order valence-corrected chi connectivity index (χ1v) is 14.5. The van der Waals surface area contributed by atoms with E-state index < -0.39 is 17.6 Å². The molecule has 11 heteroatoms. The topological polar surface area (TPSA) is 127 Å². The highest BCUT2D eigenvalue weighted by Crippen LogP contribution is 2.43. The summed E-state index contributed by atoms with van der Waals surface area (Å²) >= 11 is 6.58. The molecule has 3 aromatic rings. The molecular formula is C31H35ClN6O4. The molecule has 0 bridgehead atoms. The van der Waals surface area contributed by atoms with Crippen LogP contribution in [-0.4, -0.2) is 33.9 Å². The molecular weight excluding hydrogens is 556 g/mol. The summed E-state index contributed by atoms with van der Waals surface area (Å²) in [6.07, 6.45) is 5.31. The minimum atomic E-state index is -0.691. The summed E-state index contributed by atoms with van der Waals surface area (Å²) in [6, 6.07) is 16.1. The van der Waals surface area contributed by atoms with Gasteiger partial charge in [-0.2, -0.15) is 0 Å². The predicted octanol–water partition coefficient (Wildman–Crippen LogP) is 5.38. The SMILES string of the molecule is CC1(C)C[C@@H](C(=O)NCc2ccc(N=CNC(=O)OCc3ccccc3)cc2)n2c1c(Cl)nc(NC1CCCC1)c2=O. The van der Waals surface area contributed by atoms with Gasteiger partial charge in [0.15, 0.2) is 11.0 Å². The number of benzene rings is 2. The average molecular weight is 591 g/mol. The number of alkyl carbamates (subject to hydrolysis) is 1. The Morgan fingerprint density at radius 2 is 1.81 bits per heavy atom. The highest BCUT2D eigenvalue weighted by Gasteiger charge is 2.44. The van der Waals surface area contributed by atoms with E-state index in [0.29, 0.717) is 17.8 Å². The third kappa shape index (κ3) is 6.82. The second-order valence-electron chi connectivity index (χ2n) is 11.4. The number of ether oxygens (including phenoxy) is 1. The second-order valence-corrected chi connectivity index (χ2v) is 11.7. The van der Waals surface area contributed by atoms with Gasteiger partial charge >= 0.3 is 6.09 Å². The monoisotopic (exact) mass is 590 g/mol. The van der Waals surface area contributed by atoms with Gasteiger partial charge in [0.25, 0.3) is 5.56 Å². The lowest BCUT2D eigenvalue weighted by Crippen LogP contribution is -2.37. The largest absolute Gasteiger partial charge is 0.444 e. The first kappa shape index (κ1) is 29.3. The summed E-state index contributed by atoms with van der Waals surface area (Å²) in [5.41, 5.74) is 2.16. The van der Waals surface area contributed by atoms with Crippen LogP contribution in [0.15, 0.2) is 64.4 Å². The molecule has 220 valence electrons. The molecule has 1 aliphatic carbocycles. The Kier molecular flexibility index (Phi) is 8.91. The predicted molar refractivity (Wildman–Crippen MR) is 162 cm³/mol. The highest BCUT2D eigenvalue weighted by molar-refractivity contribution is 6.30. The van der Waals surface area contributed by atoms with Gasteiger partial charge in [0.2, 0.25) is 5.91 Å². The summed E-state index contributed by atoms with van der Waals surface area (Å²) in [5, 5.41) is 8.96.